The molecule has 2 rings (SSSR count). The molecule has 1 heterocycles. The zero-order chi connectivity index (χ0) is 14.8. The highest BCUT2D eigenvalue weighted by Crippen LogP contribution is 2.17. The number of pyridine rings is 1. The van der Waals surface area contributed by atoms with Crippen LogP contribution in [0.2, 0.25) is 0 Å². The number of nitrogens with one attached hydrogen (secondary N) is 1. The molecule has 0 saturated carbocycles. The molecule has 7 heteroatoms. The molecule has 0 unspecified atom stereocenters. The predicted molar refractivity (Wildman–Crippen MR) is 75.8 cm³/mol. The summed E-state index contributed by atoms with van der Waals surface area (Å²) in [6, 6.07) is 8.10. The van der Waals surface area contributed by atoms with E-state index in [0.29, 0.717) is 11.5 Å². The van der Waals surface area contributed by atoms with E-state index in [1.165, 1.54) is 24.4 Å². The van der Waals surface area contributed by atoms with Crippen molar-refractivity contribution in [3.8, 4) is 0 Å². The Labute approximate surface area is 117 Å². The molecule has 0 saturated heterocycles. The molecular formula is C13H14FN3O2S. The normalized spacial score (nSPS) is 11.2. The van der Waals surface area contributed by atoms with Crippen molar-refractivity contribution in [1.29, 1.82) is 0 Å². The van der Waals surface area contributed by atoms with Crippen molar-refractivity contribution in [1.82, 2.24) is 4.98 Å². The van der Waals surface area contributed by atoms with Crippen LogP contribution in [0, 0.1) is 5.82 Å². The van der Waals surface area contributed by atoms with E-state index in [2.05, 4.69) is 9.71 Å². The third kappa shape index (κ3) is 3.24. The zero-order valence-electron chi connectivity index (χ0n) is 11.0. The van der Waals surface area contributed by atoms with Gasteiger partial charge in [-0.3, -0.25) is 4.72 Å². The smallest absolute Gasteiger partial charge is 0.262 e. The molecule has 1 N–H and O–H groups in total. The number of nitrogens with zero attached hydrogens (tertiary/aromatic N) is 2. The van der Waals surface area contributed by atoms with Gasteiger partial charge in [-0.1, -0.05) is 6.07 Å². The first kappa shape index (κ1) is 14.3. The van der Waals surface area contributed by atoms with Gasteiger partial charge in [0.05, 0.1) is 16.8 Å². The van der Waals surface area contributed by atoms with Crippen molar-refractivity contribution < 1.29 is 12.8 Å². The van der Waals surface area contributed by atoms with Gasteiger partial charge in [0, 0.05) is 14.1 Å². The number of hydrogen-bond donors (Lipinski definition) is 1. The van der Waals surface area contributed by atoms with Gasteiger partial charge in [-0.15, -0.1) is 0 Å². The molecule has 0 atom stereocenters. The van der Waals surface area contributed by atoms with E-state index in [1.54, 1.807) is 17.0 Å². The first-order chi connectivity index (χ1) is 9.38. The van der Waals surface area contributed by atoms with Gasteiger partial charge in [-0.25, -0.2) is 17.8 Å². The van der Waals surface area contributed by atoms with E-state index in [1.807, 2.05) is 14.1 Å². The summed E-state index contributed by atoms with van der Waals surface area (Å²) in [4.78, 5) is 5.76. The molecule has 20 heavy (non-hydrogen) atoms. The highest BCUT2D eigenvalue weighted by molar-refractivity contribution is 7.92. The molecule has 0 aliphatic heterocycles. The molecule has 0 amide bonds. The largest absolute Gasteiger partial charge is 0.363 e. The lowest BCUT2D eigenvalue weighted by molar-refractivity contribution is 0.595. The molecule has 0 aliphatic carbocycles. The summed E-state index contributed by atoms with van der Waals surface area (Å²) in [6.45, 7) is 0. The molecule has 0 radical (unpaired) electrons. The standard InChI is InChI=1S/C13H14FN3O2S/c1-17(2)13-7-6-11(9-15-13)16-20(18,19)12-5-3-4-10(14)8-12/h3-9,16H,1-2H3. The number of benzene rings is 1. The molecule has 0 bridgehead atoms. The van der Waals surface area contributed by atoms with Gasteiger partial charge in [0.15, 0.2) is 0 Å². The Morgan fingerprint density at radius 2 is 1.95 bits per heavy atom. The van der Waals surface area contributed by atoms with E-state index in [9.17, 15) is 12.8 Å². The van der Waals surface area contributed by atoms with Crippen LogP contribution in [0.3, 0.4) is 0 Å². The number of anilines is 2. The van der Waals surface area contributed by atoms with Crippen molar-refractivity contribution in [2.45, 2.75) is 4.90 Å². The van der Waals surface area contributed by atoms with Crippen LogP contribution < -0.4 is 9.62 Å². The molecule has 1 aromatic carbocycles. The number of rotatable bonds is 4. The topological polar surface area (TPSA) is 62.3 Å². The van der Waals surface area contributed by atoms with E-state index in [-0.39, 0.29) is 4.90 Å². The maximum Gasteiger partial charge on any atom is 0.262 e. The lowest BCUT2D eigenvalue weighted by Gasteiger charge is -2.12. The average molecular weight is 295 g/mol. The lowest BCUT2D eigenvalue weighted by Crippen LogP contribution is -2.14. The maximum absolute atomic E-state index is 13.1. The van der Waals surface area contributed by atoms with Gasteiger partial charge in [-0.2, -0.15) is 0 Å². The van der Waals surface area contributed by atoms with Gasteiger partial charge in [0.1, 0.15) is 11.6 Å². The van der Waals surface area contributed by atoms with E-state index in [4.69, 9.17) is 0 Å². The fraction of sp³-hybridized carbons (Fsp3) is 0.154. The maximum atomic E-state index is 13.1. The third-order valence-electron chi connectivity index (χ3n) is 2.56. The van der Waals surface area contributed by atoms with Crippen molar-refractivity contribution >= 4 is 21.5 Å². The summed E-state index contributed by atoms with van der Waals surface area (Å²) in [6.07, 6.45) is 1.41. The fourth-order valence-corrected chi connectivity index (χ4v) is 2.63. The molecule has 0 fully saturated rings. The SMILES string of the molecule is CN(C)c1ccc(NS(=O)(=O)c2cccc(F)c2)cn1. The van der Waals surface area contributed by atoms with Crippen LogP contribution in [0.15, 0.2) is 47.5 Å². The lowest BCUT2D eigenvalue weighted by atomic mass is 10.4. The zero-order valence-corrected chi connectivity index (χ0v) is 11.9. The number of sulfonamides is 1. The van der Waals surface area contributed by atoms with E-state index in [0.717, 1.165) is 6.07 Å². The van der Waals surface area contributed by atoms with Crippen LogP contribution in [0.25, 0.3) is 0 Å². The molecular weight excluding hydrogens is 281 g/mol. The minimum atomic E-state index is -3.81. The fourth-order valence-electron chi connectivity index (χ4n) is 1.56. The van der Waals surface area contributed by atoms with Crippen molar-refractivity contribution in [2.24, 2.45) is 0 Å². The Hall–Kier alpha value is -2.15. The third-order valence-corrected chi connectivity index (χ3v) is 3.94. The summed E-state index contributed by atoms with van der Waals surface area (Å²) >= 11 is 0. The summed E-state index contributed by atoms with van der Waals surface area (Å²) < 4.78 is 39.5. The first-order valence-electron chi connectivity index (χ1n) is 5.80. The predicted octanol–water partition coefficient (Wildman–Crippen LogP) is 2.09. The summed E-state index contributed by atoms with van der Waals surface area (Å²) in [5.74, 6) is 0.104. The molecule has 5 nitrogen and oxygen atoms in total. The number of aromatic nitrogens is 1. The molecule has 0 spiro atoms. The summed E-state index contributed by atoms with van der Waals surface area (Å²) in [5.41, 5.74) is 0.319. The van der Waals surface area contributed by atoms with Gasteiger partial charge in [0.25, 0.3) is 10.0 Å². The van der Waals surface area contributed by atoms with Crippen LogP contribution in [-0.2, 0) is 10.0 Å². The Bertz CT molecular complexity index is 700. The highest BCUT2D eigenvalue weighted by Gasteiger charge is 2.15. The summed E-state index contributed by atoms with van der Waals surface area (Å²) in [7, 11) is -0.148. The number of hydrogen-bond acceptors (Lipinski definition) is 4. The van der Waals surface area contributed by atoms with Crippen molar-refractivity contribution in [2.75, 3.05) is 23.7 Å². The van der Waals surface area contributed by atoms with E-state index < -0.39 is 15.8 Å². The molecule has 0 aliphatic rings. The second-order valence-corrected chi connectivity index (χ2v) is 6.04. The van der Waals surface area contributed by atoms with Crippen molar-refractivity contribution in [3.63, 3.8) is 0 Å². The molecule has 2 aromatic rings. The van der Waals surface area contributed by atoms with Crippen molar-refractivity contribution in [3.05, 3.63) is 48.4 Å². The minimum Gasteiger partial charge on any atom is -0.363 e. The second kappa shape index (κ2) is 5.46. The number of halogens is 1. The monoisotopic (exact) mass is 295 g/mol. The van der Waals surface area contributed by atoms with Gasteiger partial charge < -0.3 is 4.90 Å². The van der Waals surface area contributed by atoms with Gasteiger partial charge >= 0.3 is 0 Å². The van der Waals surface area contributed by atoms with E-state index >= 15 is 0 Å². The Kier molecular flexibility index (Phi) is 3.89. The van der Waals surface area contributed by atoms with Gasteiger partial charge in [0.2, 0.25) is 0 Å². The summed E-state index contributed by atoms with van der Waals surface area (Å²) in [5, 5.41) is 0. The Morgan fingerprint density at radius 1 is 1.20 bits per heavy atom. The molecule has 1 aromatic heterocycles. The van der Waals surface area contributed by atoms with Crippen LogP contribution in [0.4, 0.5) is 15.9 Å². The van der Waals surface area contributed by atoms with Crippen LogP contribution in [0.1, 0.15) is 0 Å². The minimum absolute atomic E-state index is 0.130. The van der Waals surface area contributed by atoms with Crippen LogP contribution in [-0.4, -0.2) is 27.5 Å². The first-order valence-corrected chi connectivity index (χ1v) is 7.28. The highest BCUT2D eigenvalue weighted by atomic mass is 32.2. The van der Waals surface area contributed by atoms with Gasteiger partial charge in [-0.05, 0) is 30.3 Å². The Morgan fingerprint density at radius 3 is 2.50 bits per heavy atom. The quantitative estimate of drug-likeness (QED) is 0.938. The van der Waals surface area contributed by atoms with Crippen LogP contribution in [0.5, 0.6) is 0 Å². The molecule has 106 valence electrons. The second-order valence-electron chi connectivity index (χ2n) is 4.36. The Balaban J connectivity index is 2.24. The average Bonchev–Trinajstić information content (AvgIpc) is 2.39. The van der Waals surface area contributed by atoms with Crippen LogP contribution >= 0.6 is 0 Å².